The number of aryl methyl sites for hydroxylation is 1. The van der Waals surface area contributed by atoms with Crippen LogP contribution in [-0.2, 0) is 6.54 Å². The zero-order valence-electron chi connectivity index (χ0n) is 10.1. The quantitative estimate of drug-likeness (QED) is 0.785. The van der Waals surface area contributed by atoms with Crippen LogP contribution in [0.25, 0.3) is 11.3 Å². The Bertz CT molecular complexity index is 559. The van der Waals surface area contributed by atoms with Crippen LogP contribution < -0.4 is 0 Å². The van der Waals surface area contributed by atoms with Gasteiger partial charge in [-0.1, -0.05) is 29.3 Å². The Morgan fingerprint density at radius 1 is 1.18 bits per heavy atom. The van der Waals surface area contributed by atoms with E-state index in [1.165, 1.54) is 0 Å². The fourth-order valence-electron chi connectivity index (χ4n) is 2.06. The van der Waals surface area contributed by atoms with Gasteiger partial charge in [-0.05, 0) is 32.9 Å². The van der Waals surface area contributed by atoms with Gasteiger partial charge in [-0.15, -0.1) is 0 Å². The van der Waals surface area contributed by atoms with E-state index in [2.05, 4.69) is 23.4 Å². The van der Waals surface area contributed by atoms with E-state index in [9.17, 15) is 0 Å². The molecule has 0 N–H and O–H groups in total. The maximum Gasteiger partial charge on any atom is 0.106 e. The summed E-state index contributed by atoms with van der Waals surface area (Å²) in [6.07, 6.45) is 0. The molecule has 90 valence electrons. The first-order valence-electron chi connectivity index (χ1n) is 5.53. The Labute approximate surface area is 111 Å². The molecule has 0 radical (unpaired) electrons. The lowest BCUT2D eigenvalue weighted by Crippen LogP contribution is -1.98. The molecular weight excluding hydrogens is 255 g/mol. The predicted molar refractivity (Wildman–Crippen MR) is 72.8 cm³/mol. The molecule has 17 heavy (non-hydrogen) atoms. The fourth-order valence-corrected chi connectivity index (χ4v) is 2.35. The first kappa shape index (κ1) is 12.5. The minimum absolute atomic E-state index is 0.562. The van der Waals surface area contributed by atoms with Crippen LogP contribution in [0.3, 0.4) is 0 Å². The summed E-state index contributed by atoms with van der Waals surface area (Å²) in [5.74, 6) is 1.02. The van der Waals surface area contributed by atoms with E-state index in [4.69, 9.17) is 23.2 Å². The third-order valence-electron chi connectivity index (χ3n) is 2.92. The summed E-state index contributed by atoms with van der Waals surface area (Å²) in [7, 11) is 0. The summed E-state index contributed by atoms with van der Waals surface area (Å²) in [6, 6.07) is 5.61. The number of hydrogen-bond donors (Lipinski definition) is 0. The Kier molecular flexibility index (Phi) is 3.45. The van der Waals surface area contributed by atoms with Gasteiger partial charge in [0.25, 0.3) is 0 Å². The van der Waals surface area contributed by atoms with Gasteiger partial charge in [0.05, 0.1) is 15.7 Å². The minimum Gasteiger partial charge on any atom is -0.332 e. The van der Waals surface area contributed by atoms with Crippen LogP contribution >= 0.6 is 23.2 Å². The van der Waals surface area contributed by atoms with Crippen molar-refractivity contribution in [2.75, 3.05) is 0 Å². The van der Waals surface area contributed by atoms with Gasteiger partial charge in [0, 0.05) is 17.8 Å². The van der Waals surface area contributed by atoms with Crippen LogP contribution in [0.2, 0.25) is 10.0 Å². The van der Waals surface area contributed by atoms with E-state index in [0.29, 0.717) is 10.0 Å². The van der Waals surface area contributed by atoms with Crippen LogP contribution in [0.15, 0.2) is 18.2 Å². The van der Waals surface area contributed by atoms with Gasteiger partial charge in [0.2, 0.25) is 0 Å². The van der Waals surface area contributed by atoms with Crippen LogP contribution in [0.1, 0.15) is 18.4 Å². The van der Waals surface area contributed by atoms with Crippen molar-refractivity contribution in [3.05, 3.63) is 39.8 Å². The molecule has 2 rings (SSSR count). The van der Waals surface area contributed by atoms with Crippen molar-refractivity contribution in [2.24, 2.45) is 0 Å². The van der Waals surface area contributed by atoms with Crippen molar-refractivity contribution >= 4 is 23.2 Å². The van der Waals surface area contributed by atoms with Gasteiger partial charge in [-0.2, -0.15) is 0 Å². The number of halogens is 2. The predicted octanol–water partition coefficient (Wildman–Crippen LogP) is 4.49. The molecule has 2 nitrogen and oxygen atoms in total. The minimum atomic E-state index is 0.562. The Balaban J connectivity index is 2.57. The molecule has 0 spiro atoms. The second kappa shape index (κ2) is 4.71. The molecule has 2 aromatic rings. The molecule has 0 unspecified atom stereocenters. The van der Waals surface area contributed by atoms with Crippen molar-refractivity contribution in [1.82, 2.24) is 9.55 Å². The lowest BCUT2D eigenvalue weighted by molar-refractivity contribution is 0.709. The summed E-state index contributed by atoms with van der Waals surface area (Å²) in [5, 5.41) is 1.13. The Morgan fingerprint density at radius 3 is 2.41 bits per heavy atom. The maximum atomic E-state index is 6.03. The third kappa shape index (κ3) is 2.20. The Hall–Kier alpha value is -0.990. The average molecular weight is 269 g/mol. The molecule has 0 amide bonds. The molecule has 0 saturated carbocycles. The van der Waals surface area contributed by atoms with Crippen LogP contribution in [0.4, 0.5) is 0 Å². The normalized spacial score (nSPS) is 10.9. The highest BCUT2D eigenvalue weighted by Gasteiger charge is 2.12. The Morgan fingerprint density at radius 2 is 1.88 bits per heavy atom. The molecular formula is C13H14Cl2N2. The molecule has 1 aromatic heterocycles. The van der Waals surface area contributed by atoms with Gasteiger partial charge < -0.3 is 4.57 Å². The molecule has 1 aromatic carbocycles. The highest BCUT2D eigenvalue weighted by molar-refractivity contribution is 6.42. The zero-order valence-corrected chi connectivity index (χ0v) is 11.6. The van der Waals surface area contributed by atoms with Crippen molar-refractivity contribution in [3.8, 4) is 11.3 Å². The summed E-state index contributed by atoms with van der Waals surface area (Å²) in [5.41, 5.74) is 3.14. The number of aromatic nitrogens is 2. The van der Waals surface area contributed by atoms with Gasteiger partial charge in [0.15, 0.2) is 0 Å². The molecule has 1 heterocycles. The topological polar surface area (TPSA) is 17.8 Å². The summed E-state index contributed by atoms with van der Waals surface area (Å²) in [4.78, 5) is 4.58. The van der Waals surface area contributed by atoms with Gasteiger partial charge in [-0.3, -0.25) is 0 Å². The van der Waals surface area contributed by atoms with E-state index >= 15 is 0 Å². The largest absolute Gasteiger partial charge is 0.332 e. The number of benzene rings is 1. The molecule has 0 atom stereocenters. The van der Waals surface area contributed by atoms with E-state index in [1.54, 1.807) is 6.07 Å². The highest BCUT2D eigenvalue weighted by Crippen LogP contribution is 2.30. The van der Waals surface area contributed by atoms with E-state index in [-0.39, 0.29) is 0 Å². The fraction of sp³-hybridized carbons (Fsp3) is 0.308. The summed E-state index contributed by atoms with van der Waals surface area (Å²) >= 11 is 11.9. The van der Waals surface area contributed by atoms with E-state index < -0.39 is 0 Å². The maximum absolute atomic E-state index is 6.03. The van der Waals surface area contributed by atoms with E-state index in [0.717, 1.165) is 29.3 Å². The molecule has 0 aliphatic heterocycles. The van der Waals surface area contributed by atoms with Crippen molar-refractivity contribution in [2.45, 2.75) is 27.3 Å². The average Bonchev–Trinajstić information content (AvgIpc) is 2.58. The SMILES string of the molecule is CCn1c(C)nc(-c2ccc(Cl)c(Cl)c2)c1C. The van der Waals surface area contributed by atoms with Crippen molar-refractivity contribution in [3.63, 3.8) is 0 Å². The lowest BCUT2D eigenvalue weighted by atomic mass is 10.1. The molecule has 0 aliphatic carbocycles. The number of rotatable bonds is 2. The molecule has 0 bridgehead atoms. The second-order valence-corrected chi connectivity index (χ2v) is 4.78. The molecule has 0 aliphatic rings. The van der Waals surface area contributed by atoms with Gasteiger partial charge >= 0.3 is 0 Å². The molecule has 4 heteroatoms. The first-order chi connectivity index (χ1) is 8.04. The monoisotopic (exact) mass is 268 g/mol. The smallest absolute Gasteiger partial charge is 0.106 e. The van der Waals surface area contributed by atoms with Crippen molar-refractivity contribution < 1.29 is 0 Å². The summed E-state index contributed by atoms with van der Waals surface area (Å²) < 4.78 is 2.18. The van der Waals surface area contributed by atoms with Crippen molar-refractivity contribution in [1.29, 1.82) is 0 Å². The molecule has 0 saturated heterocycles. The third-order valence-corrected chi connectivity index (χ3v) is 3.66. The van der Waals surface area contributed by atoms with Gasteiger partial charge in [0.1, 0.15) is 5.82 Å². The molecule has 0 fully saturated rings. The number of hydrogen-bond acceptors (Lipinski definition) is 1. The van der Waals surface area contributed by atoms with E-state index in [1.807, 2.05) is 19.1 Å². The number of nitrogens with zero attached hydrogens (tertiary/aromatic N) is 2. The lowest BCUT2D eigenvalue weighted by Gasteiger charge is -2.04. The summed E-state index contributed by atoms with van der Waals surface area (Å²) in [6.45, 7) is 7.12. The highest BCUT2D eigenvalue weighted by atomic mass is 35.5. The standard InChI is InChI=1S/C13H14Cl2N2/c1-4-17-8(2)13(16-9(17)3)10-5-6-11(14)12(15)7-10/h5-7H,4H2,1-3H3. The first-order valence-corrected chi connectivity index (χ1v) is 6.29. The van der Waals surface area contributed by atoms with Crippen LogP contribution in [0, 0.1) is 13.8 Å². The number of imidazole rings is 1. The van der Waals surface area contributed by atoms with Gasteiger partial charge in [-0.25, -0.2) is 4.98 Å². The zero-order chi connectivity index (χ0) is 12.6. The van der Waals surface area contributed by atoms with Crippen LogP contribution in [0.5, 0.6) is 0 Å². The van der Waals surface area contributed by atoms with Crippen LogP contribution in [-0.4, -0.2) is 9.55 Å². The second-order valence-electron chi connectivity index (χ2n) is 3.97.